The number of hydrogen-bond acceptors (Lipinski definition) is 11. The Kier molecular flexibility index (Phi) is 9.58. The number of aromatic nitrogens is 3. The van der Waals surface area contributed by atoms with E-state index in [-0.39, 0.29) is 22.3 Å². The van der Waals surface area contributed by atoms with Crippen molar-refractivity contribution in [3.8, 4) is 11.3 Å². The van der Waals surface area contributed by atoms with Gasteiger partial charge in [0.15, 0.2) is 6.23 Å². The van der Waals surface area contributed by atoms with Crippen LogP contribution in [0.1, 0.15) is 11.8 Å². The average molecular weight is 761 g/mol. The maximum absolute atomic E-state index is 13.3. The summed E-state index contributed by atoms with van der Waals surface area (Å²) in [6, 6.07) is 15.8. The van der Waals surface area contributed by atoms with Crippen molar-refractivity contribution >= 4 is 45.0 Å². The first-order chi connectivity index (χ1) is 23.4. The zero-order chi connectivity index (χ0) is 36.2. The van der Waals surface area contributed by atoms with E-state index in [0.29, 0.717) is 5.39 Å². The van der Waals surface area contributed by atoms with Crippen LogP contribution < -0.4 is 11.0 Å². The van der Waals surface area contributed by atoms with Crippen molar-refractivity contribution in [1.82, 2.24) is 14.0 Å². The number of benzene rings is 3. The van der Waals surface area contributed by atoms with E-state index in [0.717, 1.165) is 39.6 Å². The summed E-state index contributed by atoms with van der Waals surface area (Å²) in [6.45, 7) is -1.08. The first kappa shape index (κ1) is 36.3. The monoisotopic (exact) mass is 761 g/mol. The van der Waals surface area contributed by atoms with Crippen LogP contribution in [0.25, 0.3) is 27.7 Å². The van der Waals surface area contributed by atoms with Crippen LogP contribution in [0.5, 0.6) is 0 Å². The van der Waals surface area contributed by atoms with Crippen LogP contribution in [-0.2, 0) is 37.8 Å². The summed E-state index contributed by atoms with van der Waals surface area (Å²) in [4.78, 5) is 48.1. The number of nitrogens with zero attached hydrogens (tertiary/aromatic N) is 3. The molecule has 0 amide bonds. The molecule has 0 aliphatic carbocycles. The molecule has 1 saturated heterocycles. The van der Waals surface area contributed by atoms with Crippen molar-refractivity contribution in [3.63, 3.8) is 0 Å². The molecule has 3 heterocycles. The molecule has 1 aliphatic rings. The second-order valence-electron chi connectivity index (χ2n) is 10.9. The molecular weight excluding hydrogens is 736 g/mol. The van der Waals surface area contributed by atoms with Crippen molar-refractivity contribution in [2.75, 3.05) is 6.61 Å². The van der Waals surface area contributed by atoms with E-state index in [1.54, 1.807) is 18.2 Å². The molecular formula is C28H25F3N3O13P3. The molecule has 266 valence electrons. The topological polar surface area (TPSA) is 229 Å². The Bertz CT molecular complexity index is 2290. The summed E-state index contributed by atoms with van der Waals surface area (Å²) >= 11 is 0. The molecule has 0 spiro atoms. The maximum atomic E-state index is 13.3. The van der Waals surface area contributed by atoms with Gasteiger partial charge in [0.25, 0.3) is 0 Å². The largest absolute Gasteiger partial charge is 0.488 e. The standard InChI is InChI=1S/C28H25F3N3O13P3/c29-28(30,31)18-8-3-7-17(13-18)20-14-34-23(32-20)11-12-33(27(34)37)26-25(36)24(35)21(45-26)15-44-49(40,41)47-50(42,43)46-48(38,39)22-10-4-6-16-5-1-2-9-19(16)22/h1-14,21,24-26,35-36H,15H2,(H,38,39)(H,40,41)(H,42,43)/t21-,24-,25-,26-/m1/s1. The van der Waals surface area contributed by atoms with Gasteiger partial charge in [-0.05, 0) is 35.0 Å². The first-order valence-electron chi connectivity index (χ1n) is 14.2. The highest BCUT2D eigenvalue weighted by Gasteiger charge is 2.47. The lowest BCUT2D eigenvalue weighted by atomic mass is 10.1. The van der Waals surface area contributed by atoms with E-state index in [4.69, 9.17) is 4.74 Å². The lowest BCUT2D eigenvalue weighted by Crippen LogP contribution is -2.36. The Morgan fingerprint density at radius 1 is 0.880 bits per heavy atom. The zero-order valence-corrected chi connectivity index (χ0v) is 27.6. The smallest absolute Gasteiger partial charge is 0.387 e. The van der Waals surface area contributed by atoms with Gasteiger partial charge in [0.05, 0.1) is 23.2 Å². The number of aliphatic hydroxyl groups is 2. The summed E-state index contributed by atoms with van der Waals surface area (Å²) in [7, 11) is -16.6. The molecule has 5 N–H and O–H groups in total. The summed E-state index contributed by atoms with van der Waals surface area (Å²) < 4.78 is 98.2. The minimum atomic E-state index is -5.80. The molecule has 3 aromatic carbocycles. The van der Waals surface area contributed by atoms with Gasteiger partial charge in [0, 0.05) is 18.0 Å². The van der Waals surface area contributed by atoms with Crippen molar-refractivity contribution in [3.05, 3.63) is 101 Å². The molecule has 3 unspecified atom stereocenters. The Labute approximate surface area is 278 Å². The number of phosphoric ester groups is 1. The summed E-state index contributed by atoms with van der Waals surface area (Å²) in [5.74, 6) is 0. The van der Waals surface area contributed by atoms with Gasteiger partial charge in [-0.2, -0.15) is 17.5 Å². The minimum absolute atomic E-state index is 0.0173. The second-order valence-corrected chi connectivity index (χ2v) is 15.9. The van der Waals surface area contributed by atoms with Crippen molar-refractivity contribution in [2.45, 2.75) is 30.7 Å². The van der Waals surface area contributed by atoms with Gasteiger partial charge in [-0.15, -0.1) is 0 Å². The Balaban J connectivity index is 1.14. The molecule has 50 heavy (non-hydrogen) atoms. The lowest BCUT2D eigenvalue weighted by molar-refractivity contribution is -0.137. The summed E-state index contributed by atoms with van der Waals surface area (Å²) in [6.07, 6.45) is -9.35. The van der Waals surface area contributed by atoms with Crippen molar-refractivity contribution < 1.29 is 69.6 Å². The molecule has 1 fully saturated rings. The minimum Gasteiger partial charge on any atom is -0.387 e. The molecule has 5 aromatic rings. The van der Waals surface area contributed by atoms with E-state index >= 15 is 0 Å². The fourth-order valence-corrected chi connectivity index (χ4v) is 9.47. The number of rotatable bonds is 10. The molecule has 6 rings (SSSR count). The van der Waals surface area contributed by atoms with Crippen LogP contribution >= 0.6 is 23.2 Å². The Morgan fingerprint density at radius 2 is 1.58 bits per heavy atom. The number of alkyl halides is 3. The summed E-state index contributed by atoms with van der Waals surface area (Å²) in [5.41, 5.74) is -1.74. The first-order valence-corrected chi connectivity index (χ1v) is 18.8. The van der Waals surface area contributed by atoms with Crippen LogP contribution in [-0.4, -0.2) is 63.8 Å². The van der Waals surface area contributed by atoms with Gasteiger partial charge in [0.2, 0.25) is 0 Å². The van der Waals surface area contributed by atoms with Crippen LogP contribution in [0, 0.1) is 0 Å². The fourth-order valence-electron chi connectivity index (χ4n) is 5.26. The highest BCUT2D eigenvalue weighted by Crippen LogP contribution is 2.67. The molecule has 0 radical (unpaired) electrons. The average Bonchev–Trinajstić information content (AvgIpc) is 3.60. The number of halogens is 3. The third-order valence-electron chi connectivity index (χ3n) is 7.53. The predicted molar refractivity (Wildman–Crippen MR) is 167 cm³/mol. The number of fused-ring (bicyclic) bond motifs is 2. The quantitative estimate of drug-likeness (QED) is 0.128. The molecule has 1 aliphatic heterocycles. The molecule has 0 bridgehead atoms. The van der Waals surface area contributed by atoms with Gasteiger partial charge in [0.1, 0.15) is 24.0 Å². The molecule has 7 atom stereocenters. The van der Waals surface area contributed by atoms with E-state index in [9.17, 15) is 56.6 Å². The van der Waals surface area contributed by atoms with Crippen molar-refractivity contribution in [2.24, 2.45) is 0 Å². The number of phosphoric acid groups is 2. The number of aliphatic hydroxyl groups excluding tert-OH is 2. The zero-order valence-electron chi connectivity index (χ0n) is 24.9. The third kappa shape index (κ3) is 7.41. The third-order valence-corrected chi connectivity index (χ3v) is 12.4. The van der Waals surface area contributed by atoms with E-state index in [1.165, 1.54) is 36.4 Å². The molecule has 22 heteroatoms. The summed E-state index contributed by atoms with van der Waals surface area (Å²) in [5, 5.41) is 21.5. The molecule has 16 nitrogen and oxygen atoms in total. The van der Waals surface area contributed by atoms with Crippen molar-refractivity contribution in [1.29, 1.82) is 0 Å². The molecule has 2 aromatic heterocycles. The van der Waals surface area contributed by atoms with Gasteiger partial charge in [-0.3, -0.25) is 18.1 Å². The van der Waals surface area contributed by atoms with Crippen LogP contribution in [0.3, 0.4) is 0 Å². The normalized spacial score (nSPS) is 23.4. The second kappa shape index (κ2) is 13.2. The highest BCUT2D eigenvalue weighted by molar-refractivity contribution is 7.72. The van der Waals surface area contributed by atoms with E-state index in [2.05, 4.69) is 18.1 Å². The van der Waals surface area contributed by atoms with Gasteiger partial charge in [-0.1, -0.05) is 48.5 Å². The Morgan fingerprint density at radius 3 is 2.32 bits per heavy atom. The Hall–Kier alpha value is -3.54. The maximum Gasteiger partial charge on any atom is 0.488 e. The van der Waals surface area contributed by atoms with Crippen LogP contribution in [0.15, 0.2) is 90.0 Å². The SMILES string of the molecule is O=c1n([C@@H]2O[C@H](COP(=O)(O)OP(=O)(O)OP(=O)(O)c3cccc4ccccc34)[C@@H](O)[C@H]2O)ccc2nc(-c3cccc(C(F)(F)F)c3)cn12. The van der Waals surface area contributed by atoms with Gasteiger partial charge in [-0.25, -0.2) is 23.2 Å². The van der Waals surface area contributed by atoms with E-state index in [1.807, 2.05) is 0 Å². The predicted octanol–water partition coefficient (Wildman–Crippen LogP) is 3.72. The van der Waals surface area contributed by atoms with Gasteiger partial charge < -0.3 is 29.6 Å². The highest BCUT2D eigenvalue weighted by atomic mass is 31.3. The lowest BCUT2D eigenvalue weighted by Gasteiger charge is -2.21. The van der Waals surface area contributed by atoms with Crippen LogP contribution in [0.2, 0.25) is 0 Å². The van der Waals surface area contributed by atoms with E-state index < -0.39 is 77.1 Å². The number of imidazole rings is 1. The van der Waals surface area contributed by atoms with Crippen LogP contribution in [0.4, 0.5) is 13.2 Å². The number of hydrogen-bond donors (Lipinski definition) is 5. The van der Waals surface area contributed by atoms with Gasteiger partial charge >= 0.3 is 35.1 Å². The fraction of sp³-hybridized carbons (Fsp3) is 0.214. The number of ether oxygens (including phenoxy) is 1. The molecule has 0 saturated carbocycles.